The average molecular weight is 272 g/mol. The SMILES string of the molecule is Cc1ccc(C#N)cc1NC(=O)c1ccncc1Cl. The Kier molecular flexibility index (Phi) is 3.79. The summed E-state index contributed by atoms with van der Waals surface area (Å²) in [7, 11) is 0. The molecule has 1 N–H and O–H groups in total. The second-order valence-electron chi connectivity index (χ2n) is 3.95. The minimum Gasteiger partial charge on any atom is -0.322 e. The van der Waals surface area contributed by atoms with Crippen LogP contribution in [0.1, 0.15) is 21.5 Å². The van der Waals surface area contributed by atoms with Crippen LogP contribution in [0.5, 0.6) is 0 Å². The number of hydrogen-bond donors (Lipinski definition) is 1. The number of pyridine rings is 1. The van der Waals surface area contributed by atoms with Gasteiger partial charge in [0.2, 0.25) is 0 Å². The number of carbonyl (C=O) groups is 1. The van der Waals surface area contributed by atoms with Crippen molar-refractivity contribution < 1.29 is 4.79 Å². The monoisotopic (exact) mass is 271 g/mol. The van der Waals surface area contributed by atoms with E-state index in [1.165, 1.54) is 12.4 Å². The minimum absolute atomic E-state index is 0.286. The number of nitrogens with zero attached hydrogens (tertiary/aromatic N) is 2. The van der Waals surface area contributed by atoms with Gasteiger partial charge in [-0.1, -0.05) is 17.7 Å². The van der Waals surface area contributed by atoms with Crippen LogP contribution < -0.4 is 5.32 Å². The van der Waals surface area contributed by atoms with Crippen molar-refractivity contribution in [2.24, 2.45) is 0 Å². The lowest BCUT2D eigenvalue weighted by molar-refractivity contribution is 0.102. The van der Waals surface area contributed by atoms with Crippen molar-refractivity contribution in [3.8, 4) is 6.07 Å². The standard InChI is InChI=1S/C14H10ClN3O/c1-9-2-3-10(7-16)6-13(9)18-14(19)11-4-5-17-8-12(11)15/h2-6,8H,1H3,(H,18,19). The molecule has 0 aliphatic heterocycles. The largest absolute Gasteiger partial charge is 0.322 e. The molecule has 0 aliphatic rings. The van der Waals surface area contributed by atoms with E-state index in [-0.39, 0.29) is 10.9 Å². The maximum Gasteiger partial charge on any atom is 0.257 e. The van der Waals surface area contributed by atoms with Crippen LogP contribution in [0.3, 0.4) is 0 Å². The Hall–Kier alpha value is -2.38. The first-order valence-corrected chi connectivity index (χ1v) is 5.91. The Morgan fingerprint density at radius 3 is 2.89 bits per heavy atom. The first kappa shape index (κ1) is 13.1. The van der Waals surface area contributed by atoms with Crippen molar-refractivity contribution in [1.82, 2.24) is 4.98 Å². The van der Waals surface area contributed by atoms with Gasteiger partial charge in [0.1, 0.15) is 0 Å². The van der Waals surface area contributed by atoms with Gasteiger partial charge in [0.15, 0.2) is 0 Å². The zero-order valence-electron chi connectivity index (χ0n) is 10.1. The number of aromatic nitrogens is 1. The molecule has 94 valence electrons. The zero-order valence-corrected chi connectivity index (χ0v) is 10.9. The molecule has 1 amide bonds. The molecule has 0 aliphatic carbocycles. The predicted octanol–water partition coefficient (Wildman–Crippen LogP) is 3.17. The zero-order chi connectivity index (χ0) is 13.8. The summed E-state index contributed by atoms with van der Waals surface area (Å²) in [6, 6.07) is 8.68. The number of nitrogens with one attached hydrogen (secondary N) is 1. The van der Waals surface area contributed by atoms with E-state index in [0.717, 1.165) is 5.56 Å². The quantitative estimate of drug-likeness (QED) is 0.912. The molecule has 4 nitrogen and oxygen atoms in total. The van der Waals surface area contributed by atoms with Gasteiger partial charge in [-0.25, -0.2) is 0 Å². The molecule has 5 heteroatoms. The summed E-state index contributed by atoms with van der Waals surface area (Å²) in [6.07, 6.45) is 2.91. The Bertz CT molecular complexity index is 677. The van der Waals surface area contributed by atoms with Crippen molar-refractivity contribution in [2.75, 3.05) is 5.32 Å². The van der Waals surface area contributed by atoms with Crippen LogP contribution >= 0.6 is 11.6 Å². The highest BCUT2D eigenvalue weighted by atomic mass is 35.5. The van der Waals surface area contributed by atoms with E-state index in [1.54, 1.807) is 24.3 Å². The van der Waals surface area contributed by atoms with E-state index in [0.29, 0.717) is 16.8 Å². The van der Waals surface area contributed by atoms with Gasteiger partial charge >= 0.3 is 0 Å². The third-order valence-electron chi connectivity index (χ3n) is 2.63. The van der Waals surface area contributed by atoms with E-state index >= 15 is 0 Å². The molecule has 0 spiro atoms. The Morgan fingerprint density at radius 1 is 1.42 bits per heavy atom. The van der Waals surface area contributed by atoms with Gasteiger partial charge in [-0.05, 0) is 30.7 Å². The van der Waals surface area contributed by atoms with E-state index < -0.39 is 0 Å². The lowest BCUT2D eigenvalue weighted by atomic mass is 10.1. The van der Waals surface area contributed by atoms with Gasteiger partial charge in [0, 0.05) is 18.1 Å². The number of carbonyl (C=O) groups excluding carboxylic acids is 1. The first-order chi connectivity index (χ1) is 9.11. The lowest BCUT2D eigenvalue weighted by Crippen LogP contribution is -2.13. The molecule has 1 aromatic carbocycles. The predicted molar refractivity (Wildman–Crippen MR) is 73.1 cm³/mol. The van der Waals surface area contributed by atoms with Crippen LogP contribution in [0.4, 0.5) is 5.69 Å². The summed E-state index contributed by atoms with van der Waals surface area (Å²) in [5, 5.41) is 11.9. The number of benzene rings is 1. The van der Waals surface area contributed by atoms with Crippen LogP contribution in [-0.2, 0) is 0 Å². The molecule has 2 rings (SSSR count). The van der Waals surface area contributed by atoms with Crippen molar-refractivity contribution >= 4 is 23.2 Å². The maximum atomic E-state index is 12.1. The van der Waals surface area contributed by atoms with E-state index in [2.05, 4.69) is 10.3 Å². The van der Waals surface area contributed by atoms with Crippen LogP contribution in [0.15, 0.2) is 36.7 Å². The molecule has 0 radical (unpaired) electrons. The number of anilines is 1. The van der Waals surface area contributed by atoms with E-state index in [9.17, 15) is 4.79 Å². The number of rotatable bonds is 2. The fourth-order valence-corrected chi connectivity index (χ4v) is 1.78. The minimum atomic E-state index is -0.328. The number of nitriles is 1. The van der Waals surface area contributed by atoms with Crippen molar-refractivity contribution in [1.29, 1.82) is 5.26 Å². The molecule has 1 heterocycles. The fraction of sp³-hybridized carbons (Fsp3) is 0.0714. The summed E-state index contributed by atoms with van der Waals surface area (Å²) >= 11 is 5.91. The molecular weight excluding hydrogens is 262 g/mol. The lowest BCUT2D eigenvalue weighted by Gasteiger charge is -2.09. The smallest absolute Gasteiger partial charge is 0.257 e. The van der Waals surface area contributed by atoms with Gasteiger partial charge in [0.05, 0.1) is 22.2 Å². The Morgan fingerprint density at radius 2 is 2.21 bits per heavy atom. The highest BCUT2D eigenvalue weighted by Gasteiger charge is 2.11. The van der Waals surface area contributed by atoms with Crippen LogP contribution in [-0.4, -0.2) is 10.9 Å². The van der Waals surface area contributed by atoms with Gasteiger partial charge in [0.25, 0.3) is 5.91 Å². The highest BCUT2D eigenvalue weighted by molar-refractivity contribution is 6.34. The number of aryl methyl sites for hydroxylation is 1. The van der Waals surface area contributed by atoms with Gasteiger partial charge in [-0.3, -0.25) is 9.78 Å². The Balaban J connectivity index is 2.30. The maximum absolute atomic E-state index is 12.1. The molecule has 0 saturated carbocycles. The number of hydrogen-bond acceptors (Lipinski definition) is 3. The summed E-state index contributed by atoms with van der Waals surface area (Å²) in [4.78, 5) is 15.9. The molecule has 19 heavy (non-hydrogen) atoms. The molecule has 1 aromatic heterocycles. The van der Waals surface area contributed by atoms with Gasteiger partial charge < -0.3 is 5.32 Å². The molecular formula is C14H10ClN3O. The van der Waals surface area contributed by atoms with Crippen LogP contribution in [0.25, 0.3) is 0 Å². The first-order valence-electron chi connectivity index (χ1n) is 5.53. The molecule has 0 atom stereocenters. The van der Waals surface area contributed by atoms with E-state index in [1.807, 2.05) is 13.0 Å². The third kappa shape index (κ3) is 2.90. The van der Waals surface area contributed by atoms with Crippen molar-refractivity contribution in [3.05, 3.63) is 58.4 Å². The van der Waals surface area contributed by atoms with Gasteiger partial charge in [-0.15, -0.1) is 0 Å². The van der Waals surface area contributed by atoms with Crippen LogP contribution in [0, 0.1) is 18.3 Å². The van der Waals surface area contributed by atoms with Crippen molar-refractivity contribution in [3.63, 3.8) is 0 Å². The van der Waals surface area contributed by atoms with Gasteiger partial charge in [-0.2, -0.15) is 5.26 Å². The molecule has 2 aromatic rings. The van der Waals surface area contributed by atoms with Crippen molar-refractivity contribution in [2.45, 2.75) is 6.92 Å². The number of halogens is 1. The topological polar surface area (TPSA) is 65.8 Å². The summed E-state index contributed by atoms with van der Waals surface area (Å²) in [6.45, 7) is 1.85. The molecule has 0 saturated heterocycles. The fourth-order valence-electron chi connectivity index (χ4n) is 1.58. The van der Waals surface area contributed by atoms with Crippen LogP contribution in [0.2, 0.25) is 5.02 Å². The third-order valence-corrected chi connectivity index (χ3v) is 2.93. The normalized spacial score (nSPS) is 9.74. The summed E-state index contributed by atoms with van der Waals surface area (Å²) in [5.74, 6) is -0.328. The second kappa shape index (κ2) is 5.51. The van der Waals surface area contributed by atoms with E-state index in [4.69, 9.17) is 16.9 Å². The molecule has 0 fully saturated rings. The summed E-state index contributed by atoms with van der Waals surface area (Å²) < 4.78 is 0. The highest BCUT2D eigenvalue weighted by Crippen LogP contribution is 2.19. The molecule has 0 bridgehead atoms. The summed E-state index contributed by atoms with van der Waals surface area (Å²) in [5.41, 5.74) is 2.30. The average Bonchev–Trinajstić information content (AvgIpc) is 2.41. The molecule has 0 unspecified atom stereocenters. The number of amides is 1. The Labute approximate surface area is 115 Å². The second-order valence-corrected chi connectivity index (χ2v) is 4.36.